The Hall–Kier alpha value is -4.76. The van der Waals surface area contributed by atoms with Gasteiger partial charge in [0, 0.05) is 81.1 Å². The quantitative estimate of drug-likeness (QED) is 0.188. The van der Waals surface area contributed by atoms with E-state index in [9.17, 15) is 28.4 Å². The van der Waals surface area contributed by atoms with E-state index in [0.29, 0.717) is 30.3 Å². The van der Waals surface area contributed by atoms with E-state index in [1.54, 1.807) is 12.1 Å². The molecule has 2 aliphatic heterocycles. The lowest BCUT2D eigenvalue weighted by atomic mass is 9.98. The molecule has 0 aromatic heterocycles. The van der Waals surface area contributed by atoms with Gasteiger partial charge in [-0.15, -0.1) is 0 Å². The van der Waals surface area contributed by atoms with Crippen molar-refractivity contribution in [3.63, 3.8) is 0 Å². The molecule has 2 aromatic carbocycles. The van der Waals surface area contributed by atoms with Crippen molar-refractivity contribution in [3.05, 3.63) is 95.8 Å². The molecule has 49 heavy (non-hydrogen) atoms. The summed E-state index contributed by atoms with van der Waals surface area (Å²) in [5.74, 6) is -4.96. The van der Waals surface area contributed by atoms with E-state index in [2.05, 4.69) is 14.7 Å². The standard InChI is InChI=1S/C27H36FN3O.2C4H4O4.H2O/c1-22(27(32)24-8-4-2-5-9-24)20-29-16-18-30(19-17-29)21-26(31-14-6-3-7-15-31)23-10-12-25(28)13-11-23;2*5-3(6)1-2-4(7)8;/h2,4-5,8-13,22,26H,3,6-7,14-21H2,1H3;2*1-2H,(H,5,6)(H,7,8);1H2/b;2*2-1-;. The minimum atomic E-state index is -1.26. The first kappa shape index (κ1) is 42.3. The molecule has 0 radical (unpaired) electrons. The van der Waals surface area contributed by atoms with Crippen LogP contribution in [0.25, 0.3) is 0 Å². The third-order valence-electron chi connectivity index (χ3n) is 7.76. The Morgan fingerprint density at radius 3 is 1.51 bits per heavy atom. The molecule has 2 heterocycles. The number of benzene rings is 2. The zero-order valence-electron chi connectivity index (χ0n) is 27.5. The SMILES string of the molecule is CC(CN1CCN(CC(c2ccc(F)cc2)N2CCCCC2)CC1)C(=O)c1ccccc1.O.O=C(O)/C=C\C(=O)O.O=C(O)/C=C\C(=O)O. The summed E-state index contributed by atoms with van der Waals surface area (Å²) < 4.78 is 13.5. The van der Waals surface area contributed by atoms with E-state index in [-0.39, 0.29) is 23.0 Å². The number of ketones is 1. The monoisotopic (exact) mass is 687 g/mol. The normalized spacial score (nSPS) is 16.6. The van der Waals surface area contributed by atoms with Crippen molar-refractivity contribution in [2.24, 2.45) is 5.92 Å². The van der Waals surface area contributed by atoms with Crippen LogP contribution in [-0.4, -0.2) is 123 Å². The van der Waals surface area contributed by atoms with Gasteiger partial charge in [0.15, 0.2) is 5.78 Å². The largest absolute Gasteiger partial charge is 0.478 e. The van der Waals surface area contributed by atoms with E-state index in [4.69, 9.17) is 20.4 Å². The number of hydrogen-bond acceptors (Lipinski definition) is 8. The Kier molecular flexibility index (Phi) is 19.6. The molecule has 0 bridgehead atoms. The minimum Gasteiger partial charge on any atom is -0.478 e. The number of likely N-dealkylation sites (tertiary alicyclic amines) is 1. The second-order valence-electron chi connectivity index (χ2n) is 11.4. The van der Waals surface area contributed by atoms with Gasteiger partial charge in [-0.3, -0.25) is 14.6 Å². The first-order valence-electron chi connectivity index (χ1n) is 15.7. The summed E-state index contributed by atoms with van der Waals surface area (Å²) >= 11 is 0. The number of rotatable bonds is 12. The molecule has 268 valence electrons. The first-order chi connectivity index (χ1) is 22.8. The van der Waals surface area contributed by atoms with Crippen molar-refractivity contribution < 1.29 is 54.3 Å². The number of halogens is 1. The zero-order chi connectivity index (χ0) is 35.5. The molecule has 2 unspecified atom stereocenters. The van der Waals surface area contributed by atoms with Crippen LogP contribution in [0.2, 0.25) is 0 Å². The molecule has 2 aromatic rings. The van der Waals surface area contributed by atoms with Crippen LogP contribution in [0.5, 0.6) is 0 Å². The van der Waals surface area contributed by atoms with E-state index in [1.807, 2.05) is 49.4 Å². The third kappa shape index (κ3) is 17.3. The topological polar surface area (TPSA) is 207 Å². The van der Waals surface area contributed by atoms with Crippen LogP contribution < -0.4 is 0 Å². The van der Waals surface area contributed by atoms with Gasteiger partial charge in [0.1, 0.15) is 5.82 Å². The molecule has 2 fully saturated rings. The minimum absolute atomic E-state index is 0. The summed E-state index contributed by atoms with van der Waals surface area (Å²) in [5, 5.41) is 31.2. The van der Waals surface area contributed by atoms with Crippen molar-refractivity contribution in [1.29, 1.82) is 0 Å². The van der Waals surface area contributed by atoms with Crippen LogP contribution in [0.1, 0.15) is 48.1 Å². The maximum absolute atomic E-state index is 13.5. The van der Waals surface area contributed by atoms with Crippen LogP contribution in [0.4, 0.5) is 4.39 Å². The van der Waals surface area contributed by atoms with Crippen LogP contribution in [-0.2, 0) is 19.2 Å². The summed E-state index contributed by atoms with van der Waals surface area (Å²) in [5.41, 5.74) is 2.03. The Morgan fingerprint density at radius 2 is 1.08 bits per heavy atom. The highest BCUT2D eigenvalue weighted by Crippen LogP contribution is 2.26. The highest BCUT2D eigenvalue weighted by molar-refractivity contribution is 5.97. The lowest BCUT2D eigenvalue weighted by Crippen LogP contribution is -2.50. The number of nitrogens with zero attached hydrogens (tertiary/aromatic N) is 3. The fourth-order valence-corrected chi connectivity index (χ4v) is 5.39. The van der Waals surface area contributed by atoms with Gasteiger partial charge in [-0.05, 0) is 43.6 Å². The highest BCUT2D eigenvalue weighted by atomic mass is 19.1. The molecule has 6 N–H and O–H groups in total. The molecular formula is C35H46FN3O10. The Morgan fingerprint density at radius 1 is 0.653 bits per heavy atom. The number of carboxylic acids is 4. The van der Waals surface area contributed by atoms with Crippen molar-refractivity contribution in [3.8, 4) is 0 Å². The summed E-state index contributed by atoms with van der Waals surface area (Å²) in [7, 11) is 0. The van der Waals surface area contributed by atoms with Gasteiger partial charge in [-0.25, -0.2) is 23.6 Å². The summed E-state index contributed by atoms with van der Waals surface area (Å²) in [6.45, 7) is 10.1. The fourth-order valence-electron chi connectivity index (χ4n) is 5.39. The molecule has 14 heteroatoms. The number of carboxylic acid groups (broad SMARTS) is 4. The van der Waals surface area contributed by atoms with Gasteiger partial charge in [-0.2, -0.15) is 0 Å². The number of aliphatic carboxylic acids is 4. The van der Waals surface area contributed by atoms with Gasteiger partial charge in [0.25, 0.3) is 0 Å². The lowest BCUT2D eigenvalue weighted by molar-refractivity contribution is -0.134. The molecule has 13 nitrogen and oxygen atoms in total. The first-order valence-corrected chi connectivity index (χ1v) is 15.7. The van der Waals surface area contributed by atoms with Crippen LogP contribution in [0.3, 0.4) is 0 Å². The molecule has 4 rings (SSSR count). The molecular weight excluding hydrogens is 641 g/mol. The highest BCUT2D eigenvalue weighted by Gasteiger charge is 2.27. The average Bonchev–Trinajstić information content (AvgIpc) is 3.07. The number of piperazine rings is 1. The maximum Gasteiger partial charge on any atom is 0.328 e. The van der Waals surface area contributed by atoms with Crippen LogP contribution in [0.15, 0.2) is 78.9 Å². The van der Waals surface area contributed by atoms with E-state index in [1.165, 1.54) is 24.8 Å². The molecule has 2 aliphatic rings. The predicted molar refractivity (Wildman–Crippen MR) is 180 cm³/mol. The number of carbonyl (C=O) groups excluding carboxylic acids is 1. The molecule has 0 spiro atoms. The molecule has 0 aliphatic carbocycles. The third-order valence-corrected chi connectivity index (χ3v) is 7.76. The number of Topliss-reactive ketones (excluding diaryl/α,β-unsaturated/α-hetero) is 1. The Balaban J connectivity index is 0.000000588. The van der Waals surface area contributed by atoms with Crippen LogP contribution in [0, 0.1) is 11.7 Å². The predicted octanol–water partition coefficient (Wildman–Crippen LogP) is 3.09. The lowest BCUT2D eigenvalue weighted by Gasteiger charge is -2.41. The Bertz CT molecular complexity index is 1320. The number of hydrogen-bond donors (Lipinski definition) is 4. The molecule has 0 amide bonds. The molecule has 0 saturated carbocycles. The maximum atomic E-state index is 13.5. The van der Waals surface area contributed by atoms with Crippen molar-refractivity contribution in [1.82, 2.24) is 14.7 Å². The van der Waals surface area contributed by atoms with E-state index < -0.39 is 23.9 Å². The van der Waals surface area contributed by atoms with Crippen molar-refractivity contribution in [2.75, 3.05) is 52.4 Å². The molecule has 2 saturated heterocycles. The zero-order valence-corrected chi connectivity index (χ0v) is 27.5. The summed E-state index contributed by atoms with van der Waals surface area (Å²) in [4.78, 5) is 58.5. The van der Waals surface area contributed by atoms with Gasteiger partial charge in [0.05, 0.1) is 0 Å². The van der Waals surface area contributed by atoms with Crippen LogP contribution >= 0.6 is 0 Å². The van der Waals surface area contributed by atoms with E-state index >= 15 is 0 Å². The molecule has 2 atom stereocenters. The number of piperidine rings is 1. The second kappa shape index (κ2) is 22.7. The summed E-state index contributed by atoms with van der Waals surface area (Å²) in [6, 6.07) is 17.1. The van der Waals surface area contributed by atoms with Gasteiger partial charge in [0.2, 0.25) is 0 Å². The van der Waals surface area contributed by atoms with Gasteiger partial charge in [-0.1, -0.05) is 55.8 Å². The van der Waals surface area contributed by atoms with Gasteiger partial charge < -0.3 is 30.8 Å². The summed E-state index contributed by atoms with van der Waals surface area (Å²) in [6.07, 6.45) is 6.04. The van der Waals surface area contributed by atoms with Gasteiger partial charge >= 0.3 is 23.9 Å². The van der Waals surface area contributed by atoms with E-state index in [0.717, 1.165) is 57.9 Å². The fraction of sp³-hybridized carbons (Fsp3) is 0.400. The number of carbonyl (C=O) groups is 5. The smallest absolute Gasteiger partial charge is 0.328 e. The second-order valence-corrected chi connectivity index (χ2v) is 11.4. The van der Waals surface area contributed by atoms with Crippen molar-refractivity contribution >= 4 is 29.7 Å². The average molecular weight is 688 g/mol. The Labute approximate surface area is 284 Å². The van der Waals surface area contributed by atoms with Crippen molar-refractivity contribution in [2.45, 2.75) is 32.2 Å².